The van der Waals surface area contributed by atoms with Gasteiger partial charge >= 0.3 is 39.5 Å². The largest absolute Gasteiger partial charge is 0.472 e. The SMILES string of the molecule is CCCCCCCCCCCCCCCCCCCCCCCCC(=O)O[C@H](COC(=O)CCCCCCCCCCCCC(C)CC)COP(=O)(O)OC[C@@H](O)COP(=O)(O)OC[C@@H](COC(=O)CCCCCCCCC(C)CC)OC(=O)CCCCCCCCCCCCCC. The predicted molar refractivity (Wildman–Crippen MR) is 400 cm³/mol. The maximum absolute atomic E-state index is 13.1. The highest BCUT2D eigenvalue weighted by atomic mass is 31.2. The first kappa shape index (κ1) is 96.1. The predicted octanol–water partition coefficient (Wildman–Crippen LogP) is 23.5. The van der Waals surface area contributed by atoms with E-state index in [0.717, 1.165) is 108 Å². The molecule has 0 aromatic rings. The Balaban J connectivity index is 5.20. The molecule has 0 aromatic carbocycles. The van der Waals surface area contributed by atoms with Crippen LogP contribution in [0.4, 0.5) is 0 Å². The van der Waals surface area contributed by atoms with Gasteiger partial charge in [0.15, 0.2) is 12.2 Å². The molecule has 19 heteroatoms. The molecule has 3 N–H and O–H groups in total. The van der Waals surface area contributed by atoms with E-state index >= 15 is 0 Å². The molecule has 4 unspecified atom stereocenters. The van der Waals surface area contributed by atoms with Gasteiger partial charge in [-0.1, -0.05) is 363 Å². The molecule has 0 saturated carbocycles. The van der Waals surface area contributed by atoms with Crippen molar-refractivity contribution in [3.05, 3.63) is 0 Å². The van der Waals surface area contributed by atoms with Gasteiger partial charge in [-0.3, -0.25) is 37.3 Å². The van der Waals surface area contributed by atoms with E-state index in [0.29, 0.717) is 25.7 Å². The van der Waals surface area contributed by atoms with Crippen molar-refractivity contribution in [1.82, 2.24) is 0 Å². The summed E-state index contributed by atoms with van der Waals surface area (Å²) in [6.07, 6.45) is 59.7. The van der Waals surface area contributed by atoms with Crippen molar-refractivity contribution in [2.45, 2.75) is 432 Å². The lowest BCUT2D eigenvalue weighted by molar-refractivity contribution is -0.161. The Labute approximate surface area is 600 Å². The van der Waals surface area contributed by atoms with Gasteiger partial charge in [0.1, 0.15) is 19.3 Å². The fraction of sp³-hybridized carbons (Fsp3) is 0.949. The monoisotopic (exact) mass is 1440 g/mol. The summed E-state index contributed by atoms with van der Waals surface area (Å²) in [5.41, 5.74) is 0. The molecule has 0 aliphatic heterocycles. The van der Waals surface area contributed by atoms with E-state index in [2.05, 4.69) is 41.5 Å². The minimum absolute atomic E-state index is 0.107. The molecule has 0 rings (SSSR count). The van der Waals surface area contributed by atoms with E-state index in [9.17, 15) is 43.2 Å². The molecule has 0 fully saturated rings. The van der Waals surface area contributed by atoms with Crippen LogP contribution in [-0.2, 0) is 65.4 Å². The van der Waals surface area contributed by atoms with Crippen LogP contribution in [0.15, 0.2) is 0 Å². The van der Waals surface area contributed by atoms with Crippen molar-refractivity contribution >= 4 is 39.5 Å². The van der Waals surface area contributed by atoms with Gasteiger partial charge in [-0.25, -0.2) is 9.13 Å². The Morgan fingerprint density at radius 3 is 0.724 bits per heavy atom. The van der Waals surface area contributed by atoms with Crippen molar-refractivity contribution in [3.8, 4) is 0 Å². The van der Waals surface area contributed by atoms with E-state index in [1.807, 2.05) is 0 Å². The zero-order valence-electron chi connectivity index (χ0n) is 64.1. The second kappa shape index (κ2) is 70.7. The molecule has 0 aliphatic carbocycles. The normalized spacial score (nSPS) is 14.5. The molecule has 98 heavy (non-hydrogen) atoms. The van der Waals surface area contributed by atoms with Crippen LogP contribution in [-0.4, -0.2) is 96.7 Å². The number of hydrogen-bond acceptors (Lipinski definition) is 15. The molecule has 7 atom stereocenters. The maximum atomic E-state index is 13.1. The summed E-state index contributed by atoms with van der Waals surface area (Å²) >= 11 is 0. The van der Waals surface area contributed by atoms with Gasteiger partial charge in [-0.2, -0.15) is 0 Å². The summed E-state index contributed by atoms with van der Waals surface area (Å²) in [6, 6.07) is 0. The standard InChI is InChI=1S/C79H154O17P2/c1-7-11-13-15-17-19-21-23-24-25-26-27-28-29-30-31-32-34-40-44-52-58-64-79(84)95-74(67-89-76(81)61-55-49-42-38-36-35-37-41-47-53-59-71(5)9-3)69-93-97(85,86)91-65-73(80)66-92-98(87,88)94-70-75(68-90-77(82)62-56-50-46-45-48-54-60-72(6)10-4)96-78(83)63-57-51-43-39-33-22-20-18-16-14-12-8-2/h71-75,80H,7-70H2,1-6H3,(H,85,86)(H,87,88)/t71?,72?,73-,74-,75-/m1/s1. The third-order valence-corrected chi connectivity index (χ3v) is 21.1. The average molecular weight is 1440 g/mol. The number of phosphoric acid groups is 2. The Kier molecular flexibility index (Phi) is 69.3. The molecule has 17 nitrogen and oxygen atoms in total. The first-order valence-electron chi connectivity index (χ1n) is 41.1. The van der Waals surface area contributed by atoms with Crippen LogP contribution in [0.5, 0.6) is 0 Å². The highest BCUT2D eigenvalue weighted by Gasteiger charge is 2.30. The van der Waals surface area contributed by atoms with Crippen LogP contribution in [0.1, 0.15) is 414 Å². The van der Waals surface area contributed by atoms with Crippen LogP contribution >= 0.6 is 15.6 Å². The molecule has 0 heterocycles. The molecular formula is C79H154O17P2. The van der Waals surface area contributed by atoms with Crippen molar-refractivity contribution in [2.24, 2.45) is 11.8 Å². The number of aliphatic hydroxyl groups is 1. The quantitative estimate of drug-likeness (QED) is 0.0222. The highest BCUT2D eigenvalue weighted by Crippen LogP contribution is 2.45. The smallest absolute Gasteiger partial charge is 0.462 e. The maximum Gasteiger partial charge on any atom is 0.472 e. The first-order chi connectivity index (χ1) is 47.4. The third-order valence-electron chi connectivity index (χ3n) is 19.2. The number of unbranched alkanes of at least 4 members (excludes halogenated alkanes) is 46. The van der Waals surface area contributed by atoms with Gasteiger partial charge in [0.2, 0.25) is 0 Å². The Morgan fingerprint density at radius 1 is 0.286 bits per heavy atom. The lowest BCUT2D eigenvalue weighted by atomic mass is 9.99. The number of ether oxygens (including phenoxy) is 4. The summed E-state index contributed by atoms with van der Waals surface area (Å²) < 4.78 is 68.6. The fourth-order valence-corrected chi connectivity index (χ4v) is 13.7. The van der Waals surface area contributed by atoms with Crippen molar-refractivity contribution < 1.29 is 80.2 Å². The van der Waals surface area contributed by atoms with Gasteiger partial charge in [0.05, 0.1) is 26.4 Å². The summed E-state index contributed by atoms with van der Waals surface area (Å²) in [7, 11) is -9.91. The molecule has 582 valence electrons. The minimum Gasteiger partial charge on any atom is -0.462 e. The zero-order chi connectivity index (χ0) is 72.1. The number of esters is 4. The number of rotatable bonds is 78. The molecule has 0 spiro atoms. The molecular weight excluding hydrogens is 1280 g/mol. The van der Waals surface area contributed by atoms with Crippen molar-refractivity contribution in [3.63, 3.8) is 0 Å². The average Bonchev–Trinajstić information content (AvgIpc) is 1.15. The Morgan fingerprint density at radius 2 is 0.490 bits per heavy atom. The highest BCUT2D eigenvalue weighted by molar-refractivity contribution is 7.47. The second-order valence-electron chi connectivity index (χ2n) is 28.9. The molecule has 0 amide bonds. The first-order valence-corrected chi connectivity index (χ1v) is 44.1. The minimum atomic E-state index is -4.96. The molecule has 0 saturated heterocycles. The van der Waals surface area contributed by atoms with E-state index in [4.69, 9.17) is 37.0 Å². The van der Waals surface area contributed by atoms with E-state index in [1.54, 1.807) is 0 Å². The summed E-state index contributed by atoms with van der Waals surface area (Å²) in [5, 5.41) is 10.6. The van der Waals surface area contributed by atoms with Gasteiger partial charge in [0, 0.05) is 25.7 Å². The topological polar surface area (TPSA) is 237 Å². The Bertz CT molecular complexity index is 1890. The van der Waals surface area contributed by atoms with E-state index in [1.165, 1.54) is 225 Å². The number of carbonyl (C=O) groups excluding carboxylic acids is 4. The van der Waals surface area contributed by atoms with Crippen molar-refractivity contribution in [2.75, 3.05) is 39.6 Å². The van der Waals surface area contributed by atoms with Crippen molar-refractivity contribution in [1.29, 1.82) is 0 Å². The number of hydrogen-bond donors (Lipinski definition) is 3. The molecule has 0 radical (unpaired) electrons. The molecule has 0 bridgehead atoms. The molecule has 0 aromatic heterocycles. The van der Waals surface area contributed by atoms with Gasteiger partial charge in [0.25, 0.3) is 0 Å². The zero-order valence-corrected chi connectivity index (χ0v) is 65.9. The summed E-state index contributed by atoms with van der Waals surface area (Å²) in [4.78, 5) is 72.9. The van der Waals surface area contributed by atoms with Crippen LogP contribution in [0, 0.1) is 11.8 Å². The third kappa shape index (κ3) is 69.8. The van der Waals surface area contributed by atoms with Gasteiger partial charge in [-0.15, -0.1) is 0 Å². The number of phosphoric ester groups is 2. The van der Waals surface area contributed by atoms with Crippen LogP contribution in [0.3, 0.4) is 0 Å². The van der Waals surface area contributed by atoms with Crippen LogP contribution < -0.4 is 0 Å². The number of aliphatic hydroxyl groups excluding tert-OH is 1. The lowest BCUT2D eigenvalue weighted by Crippen LogP contribution is -2.30. The second-order valence-corrected chi connectivity index (χ2v) is 31.8. The summed E-state index contributed by atoms with van der Waals surface area (Å²) in [6.45, 7) is 9.60. The molecule has 0 aliphatic rings. The van der Waals surface area contributed by atoms with Gasteiger partial charge < -0.3 is 33.8 Å². The summed E-state index contributed by atoms with van der Waals surface area (Å²) in [5.74, 6) is -0.573. The lowest BCUT2D eigenvalue weighted by Gasteiger charge is -2.21. The fourth-order valence-electron chi connectivity index (χ4n) is 12.1. The number of carbonyl (C=O) groups is 4. The van der Waals surface area contributed by atoms with Crippen LogP contribution in [0.25, 0.3) is 0 Å². The van der Waals surface area contributed by atoms with E-state index in [-0.39, 0.29) is 25.7 Å². The van der Waals surface area contributed by atoms with E-state index < -0.39 is 97.5 Å². The van der Waals surface area contributed by atoms with Gasteiger partial charge in [-0.05, 0) is 37.5 Å². The van der Waals surface area contributed by atoms with Crippen LogP contribution in [0.2, 0.25) is 0 Å². The Hall–Kier alpha value is -1.94.